The van der Waals surface area contributed by atoms with Gasteiger partial charge in [-0.1, -0.05) is 64.8 Å². The Hall–Kier alpha value is -1.96. The van der Waals surface area contributed by atoms with Gasteiger partial charge in [0.25, 0.3) is 0 Å². The van der Waals surface area contributed by atoms with Crippen LogP contribution >= 0.6 is 11.6 Å². The summed E-state index contributed by atoms with van der Waals surface area (Å²) in [5.41, 5.74) is 12.8. The Balaban J connectivity index is 0.000000204. The Kier molecular flexibility index (Phi) is 7.26. The Bertz CT molecular complexity index is 555. The normalized spacial score (nSPS) is 9.15. The van der Waals surface area contributed by atoms with Gasteiger partial charge in [-0.3, -0.25) is 0 Å². The molecule has 0 saturated heterocycles. The van der Waals surface area contributed by atoms with Crippen molar-refractivity contribution in [2.24, 2.45) is 5.11 Å². The molecule has 0 aliphatic carbocycles. The van der Waals surface area contributed by atoms with Crippen LogP contribution in [0.4, 0.5) is 0 Å². The molecule has 3 nitrogen and oxygen atoms in total. The summed E-state index contributed by atoms with van der Waals surface area (Å²) in [6.45, 7) is 4.53. The predicted molar refractivity (Wildman–Crippen MR) is 84.8 cm³/mol. The molecule has 4 heteroatoms. The lowest BCUT2D eigenvalue weighted by Crippen LogP contribution is -1.79. The number of hydrogen-bond donors (Lipinski definition) is 0. The van der Waals surface area contributed by atoms with Crippen LogP contribution in [0.1, 0.15) is 22.3 Å². The topological polar surface area (TPSA) is 48.8 Å². The van der Waals surface area contributed by atoms with Crippen molar-refractivity contribution in [1.82, 2.24) is 0 Å². The molecule has 2 rings (SSSR count). The van der Waals surface area contributed by atoms with Crippen molar-refractivity contribution in [2.45, 2.75) is 26.3 Å². The lowest BCUT2D eigenvalue weighted by molar-refractivity contribution is 1.05. The molecule has 104 valence electrons. The first-order valence-corrected chi connectivity index (χ1v) is 6.87. The molecule has 0 unspecified atom stereocenters. The van der Waals surface area contributed by atoms with Gasteiger partial charge in [-0.15, -0.1) is 11.6 Å². The number of nitrogens with zero attached hydrogens (tertiary/aromatic N) is 3. The molecule has 0 spiro atoms. The van der Waals surface area contributed by atoms with E-state index in [1.807, 2.05) is 43.3 Å². The van der Waals surface area contributed by atoms with Crippen LogP contribution in [0, 0.1) is 13.8 Å². The smallest absolute Gasteiger partial charge is 0.0510 e. The fourth-order valence-corrected chi connectivity index (χ4v) is 1.66. The van der Waals surface area contributed by atoms with Crippen molar-refractivity contribution < 1.29 is 0 Å². The van der Waals surface area contributed by atoms with E-state index >= 15 is 0 Å². The van der Waals surface area contributed by atoms with Gasteiger partial charge in [-0.25, -0.2) is 0 Å². The highest BCUT2D eigenvalue weighted by Gasteiger charge is 1.88. The van der Waals surface area contributed by atoms with Crippen LogP contribution in [0.2, 0.25) is 0 Å². The van der Waals surface area contributed by atoms with E-state index in [0.29, 0.717) is 12.4 Å². The molecule has 0 heterocycles. The molecular weight excluding hydrogens is 270 g/mol. The van der Waals surface area contributed by atoms with E-state index in [1.165, 1.54) is 16.7 Å². The van der Waals surface area contributed by atoms with Gasteiger partial charge in [0.2, 0.25) is 0 Å². The van der Waals surface area contributed by atoms with Crippen molar-refractivity contribution in [1.29, 1.82) is 0 Å². The van der Waals surface area contributed by atoms with Gasteiger partial charge >= 0.3 is 0 Å². The van der Waals surface area contributed by atoms with E-state index in [0.717, 1.165) is 5.56 Å². The van der Waals surface area contributed by atoms with Gasteiger partial charge < -0.3 is 0 Å². The second-order valence-corrected chi connectivity index (χ2v) is 4.76. The van der Waals surface area contributed by atoms with Crippen molar-refractivity contribution in [3.8, 4) is 0 Å². The van der Waals surface area contributed by atoms with Gasteiger partial charge in [0.1, 0.15) is 0 Å². The summed E-state index contributed by atoms with van der Waals surface area (Å²) in [6.07, 6.45) is 0. The lowest BCUT2D eigenvalue weighted by Gasteiger charge is -1.94. The first-order valence-electron chi connectivity index (χ1n) is 6.33. The SMILES string of the molecule is Cc1ccc(CCl)cc1.Cc1ccc(CN=[N+]=[N-])cc1. The average Bonchev–Trinajstić information content (AvgIpc) is 2.48. The highest BCUT2D eigenvalue weighted by atomic mass is 35.5. The van der Waals surface area contributed by atoms with E-state index in [2.05, 4.69) is 29.1 Å². The van der Waals surface area contributed by atoms with Gasteiger partial charge in [0.05, 0.1) is 6.54 Å². The third kappa shape index (κ3) is 6.28. The Labute approximate surface area is 124 Å². The van der Waals surface area contributed by atoms with Crippen LogP contribution in [-0.2, 0) is 12.4 Å². The van der Waals surface area contributed by atoms with Gasteiger partial charge in [0.15, 0.2) is 0 Å². The third-order valence-electron chi connectivity index (χ3n) is 2.71. The fraction of sp³-hybridized carbons (Fsp3) is 0.250. The summed E-state index contributed by atoms with van der Waals surface area (Å²) in [7, 11) is 0. The number of aryl methyl sites for hydroxylation is 2. The summed E-state index contributed by atoms with van der Waals surface area (Å²) < 4.78 is 0. The molecule has 0 amide bonds. The van der Waals surface area contributed by atoms with E-state index in [4.69, 9.17) is 17.1 Å². The maximum atomic E-state index is 8.04. The van der Waals surface area contributed by atoms with Crippen LogP contribution in [0.5, 0.6) is 0 Å². The van der Waals surface area contributed by atoms with Crippen LogP contribution < -0.4 is 0 Å². The predicted octanol–water partition coefficient (Wildman–Crippen LogP) is 5.54. The number of alkyl halides is 1. The minimum atomic E-state index is 0.441. The van der Waals surface area contributed by atoms with E-state index < -0.39 is 0 Å². The maximum absolute atomic E-state index is 8.04. The van der Waals surface area contributed by atoms with E-state index in [-0.39, 0.29) is 0 Å². The zero-order valence-corrected chi connectivity index (χ0v) is 12.5. The number of halogens is 1. The van der Waals surface area contributed by atoms with Crippen LogP contribution in [-0.4, -0.2) is 0 Å². The second-order valence-electron chi connectivity index (χ2n) is 4.49. The molecule has 0 bridgehead atoms. The minimum absolute atomic E-state index is 0.441. The number of benzene rings is 2. The van der Waals surface area contributed by atoms with Gasteiger partial charge in [-0.2, -0.15) is 0 Å². The van der Waals surface area contributed by atoms with Crippen molar-refractivity contribution in [3.05, 3.63) is 81.2 Å². The molecule has 2 aromatic carbocycles. The molecule has 20 heavy (non-hydrogen) atoms. The number of azide groups is 1. The fourth-order valence-electron chi connectivity index (χ4n) is 1.48. The summed E-state index contributed by atoms with van der Waals surface area (Å²) in [5, 5.41) is 3.45. The largest absolute Gasteiger partial charge is 0.122 e. The van der Waals surface area contributed by atoms with Gasteiger partial charge in [-0.05, 0) is 30.5 Å². The first kappa shape index (κ1) is 16.1. The zero-order valence-electron chi connectivity index (χ0n) is 11.8. The highest BCUT2D eigenvalue weighted by Crippen LogP contribution is 2.05. The standard InChI is InChI=1S/C8H9Cl.C8H9N3/c1-7-2-4-8(6-9)5-3-7;1-7-2-4-8(5-3-7)6-10-11-9/h2-5H,6H2,1H3;2-5H,6H2,1H3. The van der Waals surface area contributed by atoms with E-state index in [1.54, 1.807) is 0 Å². The molecule has 0 radical (unpaired) electrons. The Morgan fingerprint density at radius 3 is 1.75 bits per heavy atom. The minimum Gasteiger partial charge on any atom is -0.122 e. The summed E-state index contributed by atoms with van der Waals surface area (Å²) >= 11 is 5.58. The van der Waals surface area contributed by atoms with Crippen molar-refractivity contribution >= 4 is 11.6 Å². The third-order valence-corrected chi connectivity index (χ3v) is 3.02. The lowest BCUT2D eigenvalue weighted by atomic mass is 10.2. The molecular formula is C16H18ClN3. The molecule has 0 fully saturated rings. The molecule has 0 atom stereocenters. The van der Waals surface area contributed by atoms with Crippen LogP contribution in [0.15, 0.2) is 53.6 Å². The average molecular weight is 288 g/mol. The molecule has 0 aromatic heterocycles. The Morgan fingerprint density at radius 2 is 1.35 bits per heavy atom. The van der Waals surface area contributed by atoms with Crippen LogP contribution in [0.3, 0.4) is 0 Å². The number of hydrogen-bond acceptors (Lipinski definition) is 1. The van der Waals surface area contributed by atoms with E-state index in [9.17, 15) is 0 Å². The Morgan fingerprint density at radius 1 is 0.900 bits per heavy atom. The molecule has 0 N–H and O–H groups in total. The molecule has 0 saturated carbocycles. The van der Waals surface area contributed by atoms with Gasteiger partial charge in [0, 0.05) is 10.8 Å². The van der Waals surface area contributed by atoms with Crippen molar-refractivity contribution in [3.63, 3.8) is 0 Å². The highest BCUT2D eigenvalue weighted by molar-refractivity contribution is 6.17. The second kappa shape index (κ2) is 9.03. The summed E-state index contributed by atoms with van der Waals surface area (Å²) in [6, 6.07) is 16.2. The first-order chi connectivity index (χ1) is 9.65. The zero-order chi connectivity index (χ0) is 14.8. The molecule has 0 aliphatic rings. The summed E-state index contributed by atoms with van der Waals surface area (Å²) in [5.74, 6) is 0.611. The summed E-state index contributed by atoms with van der Waals surface area (Å²) in [4.78, 5) is 2.68. The quantitative estimate of drug-likeness (QED) is 0.308. The number of rotatable bonds is 3. The van der Waals surface area contributed by atoms with Crippen LogP contribution in [0.25, 0.3) is 10.4 Å². The monoisotopic (exact) mass is 287 g/mol. The molecule has 0 aliphatic heterocycles. The maximum Gasteiger partial charge on any atom is 0.0510 e. The molecule has 2 aromatic rings. The van der Waals surface area contributed by atoms with Crippen molar-refractivity contribution in [2.75, 3.05) is 0 Å².